The molecule has 104 valence electrons. The predicted octanol–water partition coefficient (Wildman–Crippen LogP) is 3.08. The molecule has 1 aromatic carbocycles. The van der Waals surface area contributed by atoms with Gasteiger partial charge in [0.25, 0.3) is 0 Å². The number of benzene rings is 1. The molecule has 3 rings (SSSR count). The first-order valence-corrected chi connectivity index (χ1v) is 7.06. The summed E-state index contributed by atoms with van der Waals surface area (Å²) >= 11 is 0. The van der Waals surface area contributed by atoms with Crippen molar-refractivity contribution in [2.24, 2.45) is 11.8 Å². The number of pyridine rings is 1. The third-order valence-corrected chi connectivity index (χ3v) is 3.58. The Bertz CT molecular complexity index is 713. The summed E-state index contributed by atoms with van der Waals surface area (Å²) in [7, 11) is 0. The Labute approximate surface area is 124 Å². The fraction of sp³-hybridized carbons (Fsp3) is 0.222. The fourth-order valence-electron chi connectivity index (χ4n) is 2.17. The van der Waals surface area contributed by atoms with Crippen LogP contribution in [-0.4, -0.2) is 10.9 Å². The zero-order valence-corrected chi connectivity index (χ0v) is 11.8. The van der Waals surface area contributed by atoms with Crippen molar-refractivity contribution >= 4 is 11.6 Å². The number of hydrogen-bond acceptors (Lipinski definition) is 2. The van der Waals surface area contributed by atoms with Crippen LogP contribution in [0.1, 0.15) is 24.6 Å². The van der Waals surface area contributed by atoms with Gasteiger partial charge in [0.1, 0.15) is 5.69 Å². The highest BCUT2D eigenvalue weighted by atomic mass is 16.2. The number of rotatable bonds is 2. The van der Waals surface area contributed by atoms with E-state index in [0.29, 0.717) is 5.92 Å². The lowest BCUT2D eigenvalue weighted by Crippen LogP contribution is -2.14. The van der Waals surface area contributed by atoms with Gasteiger partial charge in [-0.25, -0.2) is 4.98 Å². The lowest BCUT2D eigenvalue weighted by Gasteiger charge is -2.04. The van der Waals surface area contributed by atoms with Crippen LogP contribution in [0, 0.1) is 23.7 Å². The van der Waals surface area contributed by atoms with Gasteiger partial charge >= 0.3 is 0 Å². The highest BCUT2D eigenvalue weighted by Gasteiger charge is 2.38. The Morgan fingerprint density at radius 3 is 2.81 bits per heavy atom. The molecule has 1 aromatic heterocycles. The molecule has 21 heavy (non-hydrogen) atoms. The van der Waals surface area contributed by atoms with Crippen LogP contribution < -0.4 is 5.32 Å². The number of carbonyl (C=O) groups excluding carboxylic acids is 1. The summed E-state index contributed by atoms with van der Waals surface area (Å²) in [5.41, 5.74) is 2.40. The third-order valence-electron chi connectivity index (χ3n) is 3.58. The van der Waals surface area contributed by atoms with E-state index < -0.39 is 0 Å². The van der Waals surface area contributed by atoms with Crippen molar-refractivity contribution in [3.8, 4) is 11.8 Å². The normalized spacial score (nSPS) is 19.3. The summed E-state index contributed by atoms with van der Waals surface area (Å²) in [4.78, 5) is 16.1. The van der Waals surface area contributed by atoms with Gasteiger partial charge in [0.15, 0.2) is 0 Å². The summed E-state index contributed by atoms with van der Waals surface area (Å²) in [6.07, 6.45) is 2.71. The summed E-state index contributed by atoms with van der Waals surface area (Å²) in [6, 6.07) is 13.2. The van der Waals surface area contributed by atoms with E-state index in [1.807, 2.05) is 42.5 Å². The van der Waals surface area contributed by atoms with Gasteiger partial charge in [0.2, 0.25) is 5.91 Å². The average Bonchev–Trinajstić information content (AvgIpc) is 3.24. The monoisotopic (exact) mass is 276 g/mol. The van der Waals surface area contributed by atoms with Crippen molar-refractivity contribution in [2.75, 3.05) is 5.32 Å². The molecule has 1 amide bonds. The van der Waals surface area contributed by atoms with Crippen LogP contribution in [0.15, 0.2) is 48.7 Å². The quantitative estimate of drug-likeness (QED) is 0.856. The first-order valence-electron chi connectivity index (χ1n) is 7.06. The Hall–Kier alpha value is -2.60. The Kier molecular flexibility index (Phi) is 3.70. The molecule has 1 fully saturated rings. The van der Waals surface area contributed by atoms with E-state index >= 15 is 0 Å². The van der Waals surface area contributed by atoms with Crippen LogP contribution in [0.25, 0.3) is 0 Å². The van der Waals surface area contributed by atoms with E-state index in [9.17, 15) is 4.79 Å². The van der Waals surface area contributed by atoms with E-state index in [1.165, 1.54) is 0 Å². The predicted molar refractivity (Wildman–Crippen MR) is 82.6 cm³/mol. The maximum absolute atomic E-state index is 11.9. The average molecular weight is 276 g/mol. The molecule has 0 bridgehead atoms. The summed E-state index contributed by atoms with van der Waals surface area (Å²) in [6.45, 7) is 2.10. The lowest BCUT2D eigenvalue weighted by molar-refractivity contribution is -0.117. The number of anilines is 1. The molecule has 1 heterocycles. The first kappa shape index (κ1) is 13.4. The van der Waals surface area contributed by atoms with Gasteiger partial charge in [0.05, 0.1) is 0 Å². The van der Waals surface area contributed by atoms with Crippen LogP contribution in [0.5, 0.6) is 0 Å². The van der Waals surface area contributed by atoms with E-state index in [0.717, 1.165) is 23.4 Å². The smallest absolute Gasteiger partial charge is 0.227 e. The minimum atomic E-state index is 0.109. The molecule has 0 aliphatic heterocycles. The molecule has 0 spiro atoms. The number of amides is 1. The molecule has 3 nitrogen and oxygen atoms in total. The van der Waals surface area contributed by atoms with Gasteiger partial charge in [-0.05, 0) is 48.6 Å². The Morgan fingerprint density at radius 1 is 1.24 bits per heavy atom. The molecule has 2 unspecified atom stereocenters. The van der Waals surface area contributed by atoms with Crippen molar-refractivity contribution in [3.05, 3.63) is 59.9 Å². The molecule has 1 aliphatic carbocycles. The molecular formula is C18H16N2O. The maximum atomic E-state index is 11.9. The largest absolute Gasteiger partial charge is 0.326 e. The first-order chi connectivity index (χ1) is 10.2. The zero-order valence-electron chi connectivity index (χ0n) is 11.8. The molecule has 2 aromatic rings. The van der Waals surface area contributed by atoms with E-state index in [2.05, 4.69) is 29.1 Å². The van der Waals surface area contributed by atoms with E-state index in [1.54, 1.807) is 6.20 Å². The number of hydrogen-bond donors (Lipinski definition) is 1. The van der Waals surface area contributed by atoms with Gasteiger partial charge in [-0.2, -0.15) is 0 Å². The second-order valence-electron chi connectivity index (χ2n) is 5.35. The van der Waals surface area contributed by atoms with Gasteiger partial charge in [-0.15, -0.1) is 0 Å². The Morgan fingerprint density at radius 2 is 2.10 bits per heavy atom. The second-order valence-corrected chi connectivity index (χ2v) is 5.35. The maximum Gasteiger partial charge on any atom is 0.227 e. The topological polar surface area (TPSA) is 42.0 Å². The highest BCUT2D eigenvalue weighted by Crippen LogP contribution is 2.38. The number of nitrogens with one attached hydrogen (secondary N) is 1. The summed E-state index contributed by atoms with van der Waals surface area (Å²) in [5.74, 6) is 6.87. The number of aromatic nitrogens is 1. The number of nitrogens with zero attached hydrogens (tertiary/aromatic N) is 1. The molecule has 1 N–H and O–H groups in total. The molecule has 0 radical (unpaired) electrons. The lowest BCUT2D eigenvalue weighted by atomic mass is 10.2. The Balaban J connectivity index is 1.72. The van der Waals surface area contributed by atoms with Crippen molar-refractivity contribution < 1.29 is 4.79 Å². The van der Waals surface area contributed by atoms with Gasteiger partial charge in [-0.3, -0.25) is 4.79 Å². The van der Waals surface area contributed by atoms with E-state index in [-0.39, 0.29) is 11.8 Å². The molecule has 3 heteroatoms. The minimum Gasteiger partial charge on any atom is -0.326 e. The standard InChI is InChI=1S/C18H16N2O/c1-13-11-17(13)18(21)20-16-7-4-5-14(12-16)8-9-15-6-2-3-10-19-15/h2-7,10,12-13,17H,11H2,1H3,(H,20,21). The van der Waals surface area contributed by atoms with Gasteiger partial charge in [0, 0.05) is 23.4 Å². The molecular weight excluding hydrogens is 260 g/mol. The van der Waals surface area contributed by atoms with Crippen LogP contribution in [0.4, 0.5) is 5.69 Å². The molecule has 1 saturated carbocycles. The summed E-state index contributed by atoms with van der Waals surface area (Å²) in [5, 5.41) is 2.95. The van der Waals surface area contributed by atoms with Crippen LogP contribution in [0.3, 0.4) is 0 Å². The minimum absolute atomic E-state index is 0.109. The van der Waals surface area contributed by atoms with Crippen molar-refractivity contribution in [1.29, 1.82) is 0 Å². The molecule has 2 atom stereocenters. The van der Waals surface area contributed by atoms with E-state index in [4.69, 9.17) is 0 Å². The van der Waals surface area contributed by atoms with Gasteiger partial charge < -0.3 is 5.32 Å². The summed E-state index contributed by atoms with van der Waals surface area (Å²) < 4.78 is 0. The van der Waals surface area contributed by atoms with Crippen LogP contribution >= 0.6 is 0 Å². The number of carbonyl (C=O) groups is 1. The second kappa shape index (κ2) is 5.80. The van der Waals surface area contributed by atoms with Crippen molar-refractivity contribution in [3.63, 3.8) is 0 Å². The van der Waals surface area contributed by atoms with Crippen LogP contribution in [0.2, 0.25) is 0 Å². The van der Waals surface area contributed by atoms with Crippen molar-refractivity contribution in [1.82, 2.24) is 4.98 Å². The molecule has 1 aliphatic rings. The molecule has 0 saturated heterocycles. The zero-order chi connectivity index (χ0) is 14.7. The SMILES string of the molecule is CC1CC1C(=O)Nc1cccc(C#Cc2ccccn2)c1. The fourth-order valence-corrected chi connectivity index (χ4v) is 2.17. The van der Waals surface area contributed by atoms with Gasteiger partial charge in [-0.1, -0.05) is 25.0 Å². The third kappa shape index (κ3) is 3.49. The van der Waals surface area contributed by atoms with Crippen molar-refractivity contribution in [2.45, 2.75) is 13.3 Å². The van der Waals surface area contributed by atoms with Crippen LogP contribution in [-0.2, 0) is 4.79 Å². The highest BCUT2D eigenvalue weighted by molar-refractivity contribution is 5.94.